The van der Waals surface area contributed by atoms with E-state index in [2.05, 4.69) is 16.7 Å². The monoisotopic (exact) mass is 312 g/mol. The molecule has 0 fully saturated rings. The summed E-state index contributed by atoms with van der Waals surface area (Å²) in [5, 5.41) is 15.6. The first-order chi connectivity index (χ1) is 11.0. The molecule has 3 N–H and O–H groups in total. The number of aliphatic hydroxyl groups is 1. The van der Waals surface area contributed by atoms with E-state index in [-0.39, 0.29) is 18.6 Å². The van der Waals surface area contributed by atoms with E-state index < -0.39 is 0 Å². The van der Waals surface area contributed by atoms with Gasteiger partial charge in [0, 0.05) is 29.4 Å². The first-order valence-electron chi connectivity index (χ1n) is 7.82. The molecule has 0 bridgehead atoms. The number of para-hydroxylation sites is 1. The van der Waals surface area contributed by atoms with Crippen LogP contribution in [0.25, 0.3) is 0 Å². The maximum atomic E-state index is 12.2. The number of benzene rings is 2. The second-order valence-corrected chi connectivity index (χ2v) is 5.93. The zero-order valence-corrected chi connectivity index (χ0v) is 13.9. The third-order valence-electron chi connectivity index (χ3n) is 3.74. The molecule has 0 heterocycles. The molecule has 122 valence electrons. The van der Waals surface area contributed by atoms with Gasteiger partial charge in [0.2, 0.25) is 5.91 Å². The first-order valence-corrected chi connectivity index (χ1v) is 7.82. The molecular weight excluding hydrogens is 288 g/mol. The molecule has 2 rings (SSSR count). The molecule has 1 amide bonds. The summed E-state index contributed by atoms with van der Waals surface area (Å²) in [4.78, 5) is 12.2. The second-order valence-electron chi connectivity index (χ2n) is 5.93. The van der Waals surface area contributed by atoms with Crippen molar-refractivity contribution < 1.29 is 9.90 Å². The fraction of sp³-hybridized carbons (Fsp3) is 0.316. The summed E-state index contributed by atoms with van der Waals surface area (Å²) >= 11 is 0. The summed E-state index contributed by atoms with van der Waals surface area (Å²) in [6, 6.07) is 13.5. The molecule has 0 aliphatic heterocycles. The van der Waals surface area contributed by atoms with Crippen LogP contribution in [0.2, 0.25) is 0 Å². The van der Waals surface area contributed by atoms with Crippen LogP contribution in [0.3, 0.4) is 0 Å². The lowest BCUT2D eigenvalue weighted by Gasteiger charge is -2.17. The van der Waals surface area contributed by atoms with Gasteiger partial charge in [0.15, 0.2) is 0 Å². The largest absolute Gasteiger partial charge is 0.392 e. The topological polar surface area (TPSA) is 61.4 Å². The van der Waals surface area contributed by atoms with Crippen molar-refractivity contribution in [1.82, 2.24) is 0 Å². The Kier molecular flexibility index (Phi) is 5.77. The van der Waals surface area contributed by atoms with Crippen LogP contribution in [-0.4, -0.2) is 17.1 Å². The van der Waals surface area contributed by atoms with Gasteiger partial charge in [-0.05, 0) is 38.5 Å². The number of rotatable bonds is 6. The molecule has 1 atom stereocenters. The van der Waals surface area contributed by atoms with Gasteiger partial charge in [-0.3, -0.25) is 4.79 Å². The Balaban J connectivity index is 1.94. The Morgan fingerprint density at radius 1 is 1.13 bits per heavy atom. The summed E-state index contributed by atoms with van der Waals surface area (Å²) in [5.41, 5.74) is 4.78. The minimum atomic E-state index is -0.0338. The van der Waals surface area contributed by atoms with Crippen LogP contribution in [0, 0.1) is 13.8 Å². The molecule has 0 radical (unpaired) electrons. The van der Waals surface area contributed by atoms with Gasteiger partial charge in [-0.25, -0.2) is 0 Å². The SMILES string of the molecule is Cc1ccc(NC(=O)CC(C)Nc2ccccc2CO)c(C)c1. The van der Waals surface area contributed by atoms with Gasteiger partial charge in [0.05, 0.1) is 6.61 Å². The lowest BCUT2D eigenvalue weighted by atomic mass is 10.1. The van der Waals surface area contributed by atoms with Crippen LogP contribution in [0.5, 0.6) is 0 Å². The number of nitrogens with one attached hydrogen (secondary N) is 2. The number of hydrogen-bond donors (Lipinski definition) is 3. The lowest BCUT2D eigenvalue weighted by Crippen LogP contribution is -2.24. The zero-order valence-electron chi connectivity index (χ0n) is 13.9. The van der Waals surface area contributed by atoms with E-state index in [0.29, 0.717) is 6.42 Å². The van der Waals surface area contributed by atoms with Crippen LogP contribution in [-0.2, 0) is 11.4 Å². The molecule has 23 heavy (non-hydrogen) atoms. The summed E-state index contributed by atoms with van der Waals surface area (Å²) in [7, 11) is 0. The van der Waals surface area contributed by atoms with E-state index in [1.54, 1.807) is 0 Å². The number of carbonyl (C=O) groups is 1. The quantitative estimate of drug-likeness (QED) is 0.763. The standard InChI is InChI=1S/C19H24N2O2/c1-13-8-9-17(14(2)10-13)21-19(23)11-15(3)20-18-7-5-4-6-16(18)12-22/h4-10,15,20,22H,11-12H2,1-3H3,(H,21,23). The average Bonchev–Trinajstić information content (AvgIpc) is 2.50. The Bertz CT molecular complexity index is 683. The van der Waals surface area contributed by atoms with Crippen molar-refractivity contribution in [3.63, 3.8) is 0 Å². The second kappa shape index (κ2) is 7.79. The van der Waals surface area contributed by atoms with Crippen molar-refractivity contribution in [3.8, 4) is 0 Å². The van der Waals surface area contributed by atoms with E-state index in [0.717, 1.165) is 22.5 Å². The Hall–Kier alpha value is -2.33. The molecule has 0 aliphatic rings. The van der Waals surface area contributed by atoms with Crippen molar-refractivity contribution in [3.05, 3.63) is 59.2 Å². The fourth-order valence-corrected chi connectivity index (χ4v) is 2.55. The lowest BCUT2D eigenvalue weighted by molar-refractivity contribution is -0.116. The molecule has 2 aromatic carbocycles. The number of amides is 1. The maximum Gasteiger partial charge on any atom is 0.226 e. The van der Waals surface area contributed by atoms with Crippen LogP contribution in [0.15, 0.2) is 42.5 Å². The minimum Gasteiger partial charge on any atom is -0.392 e. The molecule has 0 spiro atoms. The smallest absolute Gasteiger partial charge is 0.226 e. The highest BCUT2D eigenvalue weighted by Gasteiger charge is 2.11. The summed E-state index contributed by atoms with van der Waals surface area (Å²) < 4.78 is 0. The minimum absolute atomic E-state index is 0.0232. The summed E-state index contributed by atoms with van der Waals surface area (Å²) in [6.07, 6.45) is 0.354. The summed E-state index contributed by atoms with van der Waals surface area (Å²) in [5.74, 6) is -0.0292. The molecular formula is C19H24N2O2. The van der Waals surface area contributed by atoms with Crippen LogP contribution < -0.4 is 10.6 Å². The Morgan fingerprint density at radius 2 is 1.87 bits per heavy atom. The van der Waals surface area contributed by atoms with E-state index >= 15 is 0 Å². The van der Waals surface area contributed by atoms with Crippen LogP contribution in [0.1, 0.15) is 30.0 Å². The molecule has 0 aliphatic carbocycles. The van der Waals surface area contributed by atoms with E-state index in [9.17, 15) is 9.90 Å². The van der Waals surface area contributed by atoms with Crippen molar-refractivity contribution in [1.29, 1.82) is 0 Å². The van der Waals surface area contributed by atoms with Gasteiger partial charge >= 0.3 is 0 Å². The van der Waals surface area contributed by atoms with Gasteiger partial charge < -0.3 is 15.7 Å². The highest BCUT2D eigenvalue weighted by Crippen LogP contribution is 2.18. The number of aryl methyl sites for hydroxylation is 2. The summed E-state index contributed by atoms with van der Waals surface area (Å²) in [6.45, 7) is 5.95. The zero-order chi connectivity index (χ0) is 16.8. The molecule has 1 unspecified atom stereocenters. The van der Waals surface area contributed by atoms with Crippen molar-refractivity contribution in [2.75, 3.05) is 10.6 Å². The van der Waals surface area contributed by atoms with Crippen molar-refractivity contribution in [2.45, 2.75) is 39.8 Å². The molecule has 4 heteroatoms. The molecule has 4 nitrogen and oxygen atoms in total. The predicted molar refractivity (Wildman–Crippen MR) is 94.6 cm³/mol. The Morgan fingerprint density at radius 3 is 2.57 bits per heavy atom. The number of hydrogen-bond acceptors (Lipinski definition) is 3. The fourth-order valence-electron chi connectivity index (χ4n) is 2.55. The number of aliphatic hydroxyl groups excluding tert-OH is 1. The van der Waals surface area contributed by atoms with E-state index in [4.69, 9.17) is 0 Å². The number of carbonyl (C=O) groups excluding carboxylic acids is 1. The van der Waals surface area contributed by atoms with Crippen LogP contribution >= 0.6 is 0 Å². The van der Waals surface area contributed by atoms with E-state index in [1.807, 2.05) is 57.2 Å². The molecule has 0 saturated heterocycles. The number of anilines is 2. The first kappa shape index (κ1) is 17.0. The van der Waals surface area contributed by atoms with Gasteiger partial charge in [0.1, 0.15) is 0 Å². The normalized spacial score (nSPS) is 11.8. The highest BCUT2D eigenvalue weighted by molar-refractivity contribution is 5.92. The molecule has 2 aromatic rings. The van der Waals surface area contributed by atoms with Crippen molar-refractivity contribution in [2.24, 2.45) is 0 Å². The third-order valence-corrected chi connectivity index (χ3v) is 3.74. The van der Waals surface area contributed by atoms with Crippen molar-refractivity contribution >= 4 is 17.3 Å². The highest BCUT2D eigenvalue weighted by atomic mass is 16.3. The van der Waals surface area contributed by atoms with Gasteiger partial charge in [-0.2, -0.15) is 0 Å². The average molecular weight is 312 g/mol. The molecule has 0 aromatic heterocycles. The Labute approximate surface area is 137 Å². The predicted octanol–water partition coefficient (Wildman–Crippen LogP) is 3.62. The van der Waals surface area contributed by atoms with Gasteiger partial charge in [-0.1, -0.05) is 35.9 Å². The molecule has 0 saturated carbocycles. The third kappa shape index (κ3) is 4.83. The van der Waals surface area contributed by atoms with Gasteiger partial charge in [0.25, 0.3) is 0 Å². The van der Waals surface area contributed by atoms with E-state index in [1.165, 1.54) is 5.56 Å². The maximum absolute atomic E-state index is 12.2. The van der Waals surface area contributed by atoms with Gasteiger partial charge in [-0.15, -0.1) is 0 Å². The van der Waals surface area contributed by atoms with Crippen LogP contribution in [0.4, 0.5) is 11.4 Å².